The number of carbonyl (C=O) groups is 1. The molecule has 0 bridgehead atoms. The highest BCUT2D eigenvalue weighted by molar-refractivity contribution is 5.80. The molecular formula is C8H14NO. The summed E-state index contributed by atoms with van der Waals surface area (Å²) in [6.45, 7) is -0.0211. The summed E-state index contributed by atoms with van der Waals surface area (Å²) in [5, 5.41) is 0. The summed E-state index contributed by atoms with van der Waals surface area (Å²) in [6, 6.07) is 0. The predicted octanol–water partition coefficient (Wildman–Crippen LogP) is 1.42. The van der Waals surface area contributed by atoms with Crippen LogP contribution < -0.4 is 5.73 Å². The van der Waals surface area contributed by atoms with Gasteiger partial charge >= 0.3 is 0 Å². The van der Waals surface area contributed by atoms with Gasteiger partial charge in [0.1, 0.15) is 5.78 Å². The lowest BCUT2D eigenvalue weighted by molar-refractivity contribution is -0.118. The maximum absolute atomic E-state index is 10.7. The highest BCUT2D eigenvalue weighted by Crippen LogP contribution is 2.30. The van der Waals surface area contributed by atoms with Crippen molar-refractivity contribution in [2.45, 2.75) is 32.1 Å². The van der Waals surface area contributed by atoms with Crippen molar-refractivity contribution < 1.29 is 4.79 Å². The van der Waals surface area contributed by atoms with Crippen LogP contribution in [0.1, 0.15) is 32.1 Å². The van der Waals surface area contributed by atoms with E-state index in [0.29, 0.717) is 6.42 Å². The molecule has 0 aromatic carbocycles. The van der Waals surface area contributed by atoms with Crippen LogP contribution in [0.25, 0.3) is 0 Å². The Morgan fingerprint density at radius 1 is 1.50 bits per heavy atom. The quantitative estimate of drug-likeness (QED) is 0.582. The highest BCUT2D eigenvalue weighted by Gasteiger charge is 2.17. The van der Waals surface area contributed by atoms with Gasteiger partial charge in [-0.15, -0.1) is 0 Å². The molecule has 0 amide bonds. The van der Waals surface area contributed by atoms with Crippen molar-refractivity contribution in [2.75, 3.05) is 6.54 Å². The molecule has 1 aliphatic rings. The first-order valence-electron chi connectivity index (χ1n) is 3.99. The van der Waals surface area contributed by atoms with E-state index in [1.54, 1.807) is 0 Å². The number of rotatable bonds is 4. The molecule has 0 unspecified atom stereocenters. The van der Waals surface area contributed by atoms with Crippen molar-refractivity contribution in [1.82, 2.24) is 5.73 Å². The van der Waals surface area contributed by atoms with E-state index in [-0.39, 0.29) is 12.3 Å². The Morgan fingerprint density at radius 3 is 2.60 bits per heavy atom. The Balaban J connectivity index is 1.98. The monoisotopic (exact) mass is 140 g/mol. The maximum Gasteiger partial charge on any atom is 0.148 e. The van der Waals surface area contributed by atoms with E-state index in [0.717, 1.165) is 12.3 Å². The van der Waals surface area contributed by atoms with E-state index in [2.05, 4.69) is 0 Å². The molecule has 0 spiro atoms. The molecule has 0 aromatic heterocycles. The summed E-state index contributed by atoms with van der Waals surface area (Å²) >= 11 is 0. The van der Waals surface area contributed by atoms with Gasteiger partial charge in [-0.2, -0.15) is 0 Å². The molecule has 1 fully saturated rings. The van der Waals surface area contributed by atoms with Gasteiger partial charge in [0.2, 0.25) is 0 Å². The van der Waals surface area contributed by atoms with E-state index in [1.807, 2.05) is 0 Å². The van der Waals surface area contributed by atoms with Gasteiger partial charge in [-0.3, -0.25) is 10.5 Å². The first-order valence-corrected chi connectivity index (χ1v) is 3.99. The van der Waals surface area contributed by atoms with Crippen LogP contribution in [-0.2, 0) is 4.79 Å². The Morgan fingerprint density at radius 2 is 2.20 bits per heavy atom. The lowest BCUT2D eigenvalue weighted by Gasteiger charge is -2.24. The second-order valence-corrected chi connectivity index (χ2v) is 3.05. The van der Waals surface area contributed by atoms with Gasteiger partial charge in [0.15, 0.2) is 0 Å². The third kappa shape index (κ3) is 2.10. The van der Waals surface area contributed by atoms with Gasteiger partial charge in [-0.25, -0.2) is 0 Å². The minimum absolute atomic E-state index is 0.0211. The molecule has 2 heteroatoms. The van der Waals surface area contributed by atoms with Crippen molar-refractivity contribution in [1.29, 1.82) is 0 Å². The number of nitrogens with one attached hydrogen (secondary N) is 1. The zero-order chi connectivity index (χ0) is 7.40. The van der Waals surface area contributed by atoms with E-state index in [1.165, 1.54) is 19.3 Å². The first-order chi connectivity index (χ1) is 4.83. The fraction of sp³-hybridized carbons (Fsp3) is 0.875. The van der Waals surface area contributed by atoms with Crippen LogP contribution in [0, 0.1) is 5.92 Å². The second kappa shape index (κ2) is 3.71. The molecule has 0 aliphatic heterocycles. The number of carbonyl (C=O) groups excluding carboxylic acids is 1. The van der Waals surface area contributed by atoms with Gasteiger partial charge in [0.05, 0.1) is 6.54 Å². The Labute approximate surface area is 61.8 Å². The molecule has 57 valence electrons. The van der Waals surface area contributed by atoms with Crippen molar-refractivity contribution in [3.63, 3.8) is 0 Å². The summed E-state index contributed by atoms with van der Waals surface area (Å²) < 4.78 is 0. The van der Waals surface area contributed by atoms with Crippen LogP contribution in [0.2, 0.25) is 0 Å². The van der Waals surface area contributed by atoms with Gasteiger partial charge in [-0.05, 0) is 12.3 Å². The van der Waals surface area contributed by atoms with Gasteiger partial charge in [-0.1, -0.05) is 19.3 Å². The number of ketones is 1. The zero-order valence-electron chi connectivity index (χ0n) is 6.23. The number of hydrogen-bond acceptors (Lipinski definition) is 1. The lowest BCUT2D eigenvalue weighted by Crippen LogP contribution is -2.14. The molecule has 1 saturated carbocycles. The van der Waals surface area contributed by atoms with Crippen molar-refractivity contribution in [3.8, 4) is 0 Å². The molecule has 0 aromatic rings. The predicted molar refractivity (Wildman–Crippen MR) is 39.5 cm³/mol. The molecule has 1 radical (unpaired) electrons. The smallest absolute Gasteiger partial charge is 0.148 e. The second-order valence-electron chi connectivity index (χ2n) is 3.05. The van der Waals surface area contributed by atoms with Crippen LogP contribution in [0.15, 0.2) is 0 Å². The molecule has 1 N–H and O–H groups in total. The molecule has 0 saturated heterocycles. The summed E-state index contributed by atoms with van der Waals surface area (Å²) in [7, 11) is 0. The van der Waals surface area contributed by atoms with Crippen molar-refractivity contribution in [3.05, 3.63) is 0 Å². The van der Waals surface area contributed by atoms with Crippen LogP contribution in [0.5, 0.6) is 0 Å². The normalized spacial score (nSPS) is 18.5. The Hall–Kier alpha value is -0.370. The number of Topliss-reactive ketones (excluding diaryl/α,β-unsaturated/α-hetero) is 1. The highest BCUT2D eigenvalue weighted by atomic mass is 16.1. The minimum atomic E-state index is -0.0211. The van der Waals surface area contributed by atoms with E-state index in [4.69, 9.17) is 5.73 Å². The molecule has 10 heavy (non-hydrogen) atoms. The van der Waals surface area contributed by atoms with Crippen molar-refractivity contribution in [2.24, 2.45) is 5.92 Å². The third-order valence-electron chi connectivity index (χ3n) is 2.25. The maximum atomic E-state index is 10.7. The van der Waals surface area contributed by atoms with Crippen LogP contribution >= 0.6 is 0 Å². The average molecular weight is 140 g/mol. The van der Waals surface area contributed by atoms with Crippen molar-refractivity contribution >= 4 is 5.78 Å². The summed E-state index contributed by atoms with van der Waals surface area (Å²) in [5.41, 5.74) is 6.78. The molecular weight excluding hydrogens is 126 g/mol. The first kappa shape index (κ1) is 7.73. The van der Waals surface area contributed by atoms with Crippen LogP contribution in [-0.4, -0.2) is 12.3 Å². The fourth-order valence-electron chi connectivity index (χ4n) is 1.23. The van der Waals surface area contributed by atoms with Crippen LogP contribution in [0.3, 0.4) is 0 Å². The molecule has 1 aliphatic carbocycles. The van der Waals surface area contributed by atoms with Gasteiger partial charge < -0.3 is 0 Å². The summed E-state index contributed by atoms with van der Waals surface area (Å²) in [6.07, 6.45) is 5.65. The van der Waals surface area contributed by atoms with E-state index in [9.17, 15) is 4.79 Å². The zero-order valence-corrected chi connectivity index (χ0v) is 6.23. The third-order valence-corrected chi connectivity index (χ3v) is 2.25. The Bertz CT molecular complexity index is 118. The summed E-state index contributed by atoms with van der Waals surface area (Å²) in [5.74, 6) is 0.919. The van der Waals surface area contributed by atoms with Crippen LogP contribution in [0.4, 0.5) is 0 Å². The van der Waals surface area contributed by atoms with Gasteiger partial charge in [0, 0.05) is 6.42 Å². The number of hydrogen-bond donors (Lipinski definition) is 0. The molecule has 0 atom stereocenters. The minimum Gasteiger partial charge on any atom is -0.298 e. The molecule has 1 rings (SSSR count). The summed E-state index contributed by atoms with van der Waals surface area (Å²) in [4.78, 5) is 10.7. The van der Waals surface area contributed by atoms with E-state index >= 15 is 0 Å². The standard InChI is InChI=1S/C8H14NO/c9-6-8(10)5-4-7-2-1-3-7/h7,9H,1-6H2. The van der Waals surface area contributed by atoms with Gasteiger partial charge in [0.25, 0.3) is 0 Å². The topological polar surface area (TPSA) is 40.9 Å². The average Bonchev–Trinajstić information content (AvgIpc) is 1.84. The SMILES string of the molecule is [NH]CC(=O)CCC1CCC1. The lowest BCUT2D eigenvalue weighted by atomic mass is 9.82. The Kier molecular flexibility index (Phi) is 2.87. The molecule has 2 nitrogen and oxygen atoms in total. The van der Waals surface area contributed by atoms with E-state index < -0.39 is 0 Å². The fourth-order valence-corrected chi connectivity index (χ4v) is 1.23. The largest absolute Gasteiger partial charge is 0.298 e. The molecule has 0 heterocycles.